The highest BCUT2D eigenvalue weighted by molar-refractivity contribution is 5.87. The molecule has 0 spiro atoms. The van der Waals surface area contributed by atoms with Gasteiger partial charge in [0.25, 0.3) is 0 Å². The molecule has 0 atom stereocenters. The molecule has 0 unspecified atom stereocenters. The van der Waals surface area contributed by atoms with Gasteiger partial charge in [0.2, 0.25) is 5.91 Å². The SMILES string of the molecule is CCNC(=O)/C=C/C=C/c1ccc(OC)cc1C. The fourth-order valence-electron chi connectivity index (χ4n) is 1.50. The normalized spacial score (nSPS) is 11.1. The van der Waals surface area contributed by atoms with Gasteiger partial charge in [-0.05, 0) is 37.1 Å². The number of hydrogen-bond donors (Lipinski definition) is 1. The Labute approximate surface area is 108 Å². The third-order valence-electron chi connectivity index (χ3n) is 2.46. The van der Waals surface area contributed by atoms with E-state index in [9.17, 15) is 4.79 Å². The lowest BCUT2D eigenvalue weighted by Gasteiger charge is -2.03. The average Bonchev–Trinajstić information content (AvgIpc) is 2.36. The van der Waals surface area contributed by atoms with Crippen molar-refractivity contribution >= 4 is 12.0 Å². The van der Waals surface area contributed by atoms with Gasteiger partial charge in [0, 0.05) is 12.6 Å². The maximum atomic E-state index is 11.2. The average molecular weight is 245 g/mol. The zero-order valence-corrected chi connectivity index (χ0v) is 11.1. The van der Waals surface area contributed by atoms with Crippen molar-refractivity contribution in [1.29, 1.82) is 0 Å². The van der Waals surface area contributed by atoms with Gasteiger partial charge in [-0.2, -0.15) is 0 Å². The second kappa shape index (κ2) is 7.33. The summed E-state index contributed by atoms with van der Waals surface area (Å²) in [7, 11) is 1.65. The summed E-state index contributed by atoms with van der Waals surface area (Å²) in [5, 5.41) is 2.69. The number of carbonyl (C=O) groups is 1. The summed E-state index contributed by atoms with van der Waals surface area (Å²) < 4.78 is 5.14. The predicted molar refractivity (Wildman–Crippen MR) is 74.6 cm³/mol. The van der Waals surface area contributed by atoms with Gasteiger partial charge in [-0.1, -0.05) is 24.3 Å². The number of rotatable bonds is 5. The highest BCUT2D eigenvalue weighted by Gasteiger charge is 1.96. The molecular formula is C15H19NO2. The number of hydrogen-bond acceptors (Lipinski definition) is 2. The van der Waals surface area contributed by atoms with E-state index in [-0.39, 0.29) is 5.91 Å². The van der Waals surface area contributed by atoms with Crippen LogP contribution >= 0.6 is 0 Å². The van der Waals surface area contributed by atoms with E-state index in [0.717, 1.165) is 16.9 Å². The lowest BCUT2D eigenvalue weighted by molar-refractivity contribution is -0.116. The Morgan fingerprint density at radius 2 is 2.17 bits per heavy atom. The van der Waals surface area contributed by atoms with Gasteiger partial charge >= 0.3 is 0 Å². The number of benzene rings is 1. The van der Waals surface area contributed by atoms with Crippen molar-refractivity contribution in [2.75, 3.05) is 13.7 Å². The van der Waals surface area contributed by atoms with Crippen LogP contribution in [0.2, 0.25) is 0 Å². The lowest BCUT2D eigenvalue weighted by atomic mass is 10.1. The molecule has 0 bridgehead atoms. The van der Waals surface area contributed by atoms with Crippen molar-refractivity contribution in [1.82, 2.24) is 5.32 Å². The molecule has 0 aliphatic carbocycles. The highest BCUT2D eigenvalue weighted by Crippen LogP contribution is 2.17. The van der Waals surface area contributed by atoms with E-state index in [4.69, 9.17) is 4.74 Å². The molecule has 0 aromatic heterocycles. The van der Waals surface area contributed by atoms with E-state index in [2.05, 4.69) is 5.32 Å². The molecule has 0 saturated carbocycles. The minimum Gasteiger partial charge on any atom is -0.497 e. The van der Waals surface area contributed by atoms with Crippen LogP contribution in [0.5, 0.6) is 5.75 Å². The Morgan fingerprint density at radius 3 is 2.78 bits per heavy atom. The standard InChI is InChI=1S/C15H19NO2/c1-4-16-15(17)8-6-5-7-13-9-10-14(18-3)11-12(13)2/h5-11H,4H2,1-3H3,(H,16,17)/b7-5+,8-6+. The smallest absolute Gasteiger partial charge is 0.243 e. The fraction of sp³-hybridized carbons (Fsp3) is 0.267. The topological polar surface area (TPSA) is 38.3 Å². The number of allylic oxidation sites excluding steroid dienone is 2. The second-order valence-corrected chi connectivity index (χ2v) is 3.84. The number of methoxy groups -OCH3 is 1. The van der Waals surface area contributed by atoms with Crippen LogP contribution in [0.25, 0.3) is 6.08 Å². The first kappa shape index (κ1) is 14.0. The third kappa shape index (κ3) is 4.45. The van der Waals surface area contributed by atoms with E-state index < -0.39 is 0 Å². The van der Waals surface area contributed by atoms with E-state index >= 15 is 0 Å². The molecule has 18 heavy (non-hydrogen) atoms. The van der Waals surface area contributed by atoms with Crippen molar-refractivity contribution in [3.05, 3.63) is 47.6 Å². The summed E-state index contributed by atoms with van der Waals surface area (Å²) in [6.07, 6.45) is 7.06. The van der Waals surface area contributed by atoms with Gasteiger partial charge in [0.1, 0.15) is 5.75 Å². The Morgan fingerprint density at radius 1 is 1.39 bits per heavy atom. The van der Waals surface area contributed by atoms with Crippen molar-refractivity contribution in [3.63, 3.8) is 0 Å². The minimum atomic E-state index is -0.0754. The zero-order chi connectivity index (χ0) is 13.4. The summed E-state index contributed by atoms with van der Waals surface area (Å²) in [6, 6.07) is 5.89. The first-order chi connectivity index (χ1) is 8.67. The number of carbonyl (C=O) groups excluding carboxylic acids is 1. The summed E-state index contributed by atoms with van der Waals surface area (Å²) in [5.74, 6) is 0.774. The Kier molecular flexibility index (Phi) is 5.71. The van der Waals surface area contributed by atoms with Crippen LogP contribution in [0.15, 0.2) is 36.4 Å². The molecule has 3 nitrogen and oxygen atoms in total. The minimum absolute atomic E-state index is 0.0754. The van der Waals surface area contributed by atoms with Gasteiger partial charge in [-0.25, -0.2) is 0 Å². The van der Waals surface area contributed by atoms with Gasteiger partial charge in [-0.15, -0.1) is 0 Å². The summed E-state index contributed by atoms with van der Waals surface area (Å²) in [4.78, 5) is 11.2. The van der Waals surface area contributed by atoms with Crippen molar-refractivity contribution in [2.45, 2.75) is 13.8 Å². The zero-order valence-electron chi connectivity index (χ0n) is 11.1. The molecule has 1 amide bonds. The van der Waals surface area contributed by atoms with E-state index in [0.29, 0.717) is 6.54 Å². The van der Waals surface area contributed by atoms with Crippen molar-refractivity contribution in [2.24, 2.45) is 0 Å². The molecule has 0 heterocycles. The number of amides is 1. The van der Waals surface area contributed by atoms with Crippen LogP contribution in [0.3, 0.4) is 0 Å². The monoisotopic (exact) mass is 245 g/mol. The Bertz CT molecular complexity index is 462. The van der Waals surface area contributed by atoms with Gasteiger partial charge in [0.15, 0.2) is 0 Å². The quantitative estimate of drug-likeness (QED) is 0.640. The molecule has 0 aliphatic heterocycles. The van der Waals surface area contributed by atoms with E-state index in [1.54, 1.807) is 13.2 Å². The van der Waals surface area contributed by atoms with Crippen LogP contribution in [0.4, 0.5) is 0 Å². The summed E-state index contributed by atoms with van der Waals surface area (Å²) in [6.45, 7) is 4.56. The number of nitrogens with one attached hydrogen (secondary N) is 1. The Hall–Kier alpha value is -2.03. The second-order valence-electron chi connectivity index (χ2n) is 3.84. The maximum absolute atomic E-state index is 11.2. The summed E-state index contributed by atoms with van der Waals surface area (Å²) in [5.41, 5.74) is 2.24. The molecular weight excluding hydrogens is 226 g/mol. The number of ether oxygens (including phenoxy) is 1. The van der Waals surface area contributed by atoms with Gasteiger partial charge in [-0.3, -0.25) is 4.79 Å². The molecule has 3 heteroatoms. The molecule has 96 valence electrons. The molecule has 0 fully saturated rings. The van der Waals surface area contributed by atoms with Crippen LogP contribution in [0, 0.1) is 6.92 Å². The summed E-state index contributed by atoms with van der Waals surface area (Å²) >= 11 is 0. The third-order valence-corrected chi connectivity index (χ3v) is 2.46. The fourth-order valence-corrected chi connectivity index (χ4v) is 1.50. The first-order valence-electron chi connectivity index (χ1n) is 5.94. The molecule has 1 N–H and O–H groups in total. The molecule has 1 aromatic carbocycles. The van der Waals surface area contributed by atoms with Crippen molar-refractivity contribution < 1.29 is 9.53 Å². The largest absolute Gasteiger partial charge is 0.497 e. The predicted octanol–water partition coefficient (Wildman–Crippen LogP) is 2.71. The van der Waals surface area contributed by atoms with Crippen LogP contribution in [0.1, 0.15) is 18.1 Å². The molecule has 1 rings (SSSR count). The van der Waals surface area contributed by atoms with Crippen LogP contribution in [-0.4, -0.2) is 19.6 Å². The molecule has 1 aromatic rings. The van der Waals surface area contributed by atoms with Gasteiger partial charge in [0.05, 0.1) is 7.11 Å². The molecule has 0 aliphatic rings. The molecule has 0 saturated heterocycles. The van der Waals surface area contributed by atoms with Gasteiger partial charge < -0.3 is 10.1 Å². The van der Waals surface area contributed by atoms with E-state index in [1.165, 1.54) is 6.08 Å². The van der Waals surface area contributed by atoms with Crippen molar-refractivity contribution in [3.8, 4) is 5.75 Å². The van der Waals surface area contributed by atoms with Crippen LogP contribution < -0.4 is 10.1 Å². The number of likely N-dealkylation sites (N-methyl/N-ethyl adjacent to an activating group) is 1. The molecule has 0 radical (unpaired) electrons. The lowest BCUT2D eigenvalue weighted by Crippen LogP contribution is -2.19. The first-order valence-corrected chi connectivity index (χ1v) is 5.94. The highest BCUT2D eigenvalue weighted by atomic mass is 16.5. The maximum Gasteiger partial charge on any atom is 0.243 e. The van der Waals surface area contributed by atoms with Crippen LogP contribution in [-0.2, 0) is 4.79 Å². The number of aryl methyl sites for hydroxylation is 1. The van der Waals surface area contributed by atoms with E-state index in [1.807, 2.05) is 44.2 Å². The Balaban J connectivity index is 2.64.